The predicted molar refractivity (Wildman–Crippen MR) is 111 cm³/mol. The summed E-state index contributed by atoms with van der Waals surface area (Å²) in [4.78, 5) is 20.7. The third kappa shape index (κ3) is 5.93. The van der Waals surface area contributed by atoms with Crippen LogP contribution >= 0.6 is 0 Å². The van der Waals surface area contributed by atoms with E-state index in [-0.39, 0.29) is 17.6 Å². The Hall–Kier alpha value is -3.61. The van der Waals surface area contributed by atoms with Crippen molar-refractivity contribution in [2.45, 2.75) is 13.0 Å². The van der Waals surface area contributed by atoms with Crippen LogP contribution in [-0.2, 0) is 0 Å². The highest BCUT2D eigenvalue weighted by Crippen LogP contribution is 2.17. The summed E-state index contributed by atoms with van der Waals surface area (Å²) in [5, 5.41) is 6.03. The predicted octanol–water partition coefficient (Wildman–Crippen LogP) is 3.47. The molecule has 0 aliphatic rings. The molecule has 7 heteroatoms. The molecule has 0 aliphatic carbocycles. The third-order valence-electron chi connectivity index (χ3n) is 4.26. The molecule has 0 aliphatic heterocycles. The van der Waals surface area contributed by atoms with E-state index in [0.717, 1.165) is 11.3 Å². The number of nitrogens with one attached hydrogen (secondary N) is 2. The zero-order valence-corrected chi connectivity index (χ0v) is 16.5. The van der Waals surface area contributed by atoms with Gasteiger partial charge in [0, 0.05) is 6.04 Å². The summed E-state index contributed by atoms with van der Waals surface area (Å²) >= 11 is 0. The lowest BCUT2D eigenvalue weighted by Crippen LogP contribution is -2.29. The van der Waals surface area contributed by atoms with Gasteiger partial charge in [-0.2, -0.15) is 0 Å². The van der Waals surface area contributed by atoms with Crippen LogP contribution in [0.1, 0.15) is 29.0 Å². The van der Waals surface area contributed by atoms with E-state index >= 15 is 0 Å². The van der Waals surface area contributed by atoms with Crippen LogP contribution in [0, 0.1) is 0 Å². The molecule has 3 rings (SSSR count). The van der Waals surface area contributed by atoms with Crippen LogP contribution in [0.25, 0.3) is 0 Å². The maximum Gasteiger partial charge on any atom is 0.271 e. The summed E-state index contributed by atoms with van der Waals surface area (Å²) in [7, 11) is 1.61. The Balaban J connectivity index is 1.43. The van der Waals surface area contributed by atoms with Crippen LogP contribution < -0.4 is 20.1 Å². The Bertz CT molecular complexity index is 900. The topological polar surface area (TPSA) is 85.4 Å². The summed E-state index contributed by atoms with van der Waals surface area (Å²) < 4.78 is 10.7. The van der Waals surface area contributed by atoms with E-state index in [1.165, 1.54) is 6.20 Å². The number of hydrogen-bond donors (Lipinski definition) is 2. The van der Waals surface area contributed by atoms with Crippen molar-refractivity contribution < 1.29 is 14.3 Å². The summed E-state index contributed by atoms with van der Waals surface area (Å²) in [6, 6.07) is 17.4. The molecular formula is C22H24N4O3. The molecule has 1 amide bonds. The fourth-order valence-corrected chi connectivity index (χ4v) is 2.66. The van der Waals surface area contributed by atoms with E-state index in [4.69, 9.17) is 9.47 Å². The minimum atomic E-state index is -0.293. The Morgan fingerprint density at radius 3 is 2.38 bits per heavy atom. The standard InChI is InChI=1S/C22H24N4O3/c1-16(17-6-4-3-5-7-17)26-21-15-24-20(14-25-21)22(27)23-12-13-29-19-10-8-18(28-2)9-11-19/h3-11,14-16H,12-13H2,1-2H3,(H,23,27)(H,25,26). The zero-order chi connectivity index (χ0) is 20.5. The fourth-order valence-electron chi connectivity index (χ4n) is 2.66. The van der Waals surface area contributed by atoms with Gasteiger partial charge in [0.2, 0.25) is 0 Å². The number of ether oxygens (including phenoxy) is 2. The van der Waals surface area contributed by atoms with Crippen LogP contribution in [0.3, 0.4) is 0 Å². The molecule has 1 aromatic heterocycles. The number of carbonyl (C=O) groups excluding carboxylic acids is 1. The van der Waals surface area contributed by atoms with Crippen molar-refractivity contribution in [1.29, 1.82) is 0 Å². The van der Waals surface area contributed by atoms with Gasteiger partial charge in [-0.25, -0.2) is 9.97 Å². The van der Waals surface area contributed by atoms with Crippen molar-refractivity contribution in [1.82, 2.24) is 15.3 Å². The molecule has 1 atom stereocenters. The molecule has 1 heterocycles. The highest BCUT2D eigenvalue weighted by Gasteiger charge is 2.09. The second-order valence-electron chi connectivity index (χ2n) is 6.34. The highest BCUT2D eigenvalue weighted by molar-refractivity contribution is 5.91. The number of carbonyl (C=O) groups is 1. The summed E-state index contributed by atoms with van der Waals surface area (Å²) in [6.45, 7) is 2.75. The van der Waals surface area contributed by atoms with Crippen molar-refractivity contribution in [3.05, 3.63) is 78.2 Å². The number of benzene rings is 2. The lowest BCUT2D eigenvalue weighted by Gasteiger charge is -2.14. The van der Waals surface area contributed by atoms with Gasteiger partial charge in [-0.1, -0.05) is 30.3 Å². The average molecular weight is 392 g/mol. The molecule has 0 saturated heterocycles. The van der Waals surface area contributed by atoms with Crippen molar-refractivity contribution in [2.24, 2.45) is 0 Å². The van der Waals surface area contributed by atoms with Crippen molar-refractivity contribution >= 4 is 11.7 Å². The number of hydrogen-bond acceptors (Lipinski definition) is 6. The first kappa shape index (κ1) is 20.1. The molecule has 2 aromatic carbocycles. The van der Waals surface area contributed by atoms with E-state index < -0.39 is 0 Å². The Morgan fingerprint density at radius 1 is 1.00 bits per heavy atom. The number of rotatable bonds is 9. The van der Waals surface area contributed by atoms with Gasteiger partial charge >= 0.3 is 0 Å². The minimum Gasteiger partial charge on any atom is -0.497 e. The first-order valence-electron chi connectivity index (χ1n) is 9.34. The number of anilines is 1. The second-order valence-corrected chi connectivity index (χ2v) is 6.34. The quantitative estimate of drug-likeness (QED) is 0.543. The molecule has 0 radical (unpaired) electrons. The molecule has 29 heavy (non-hydrogen) atoms. The van der Waals surface area contributed by atoms with Crippen molar-refractivity contribution in [2.75, 3.05) is 25.6 Å². The number of amides is 1. The number of aromatic nitrogens is 2. The minimum absolute atomic E-state index is 0.0836. The zero-order valence-electron chi connectivity index (χ0n) is 16.5. The van der Waals surface area contributed by atoms with Crippen LogP contribution in [0.5, 0.6) is 11.5 Å². The van der Waals surface area contributed by atoms with Crippen LogP contribution in [-0.4, -0.2) is 36.1 Å². The molecule has 0 fully saturated rings. The van der Waals surface area contributed by atoms with Gasteiger partial charge in [0.1, 0.15) is 29.6 Å². The second kappa shape index (κ2) is 10.1. The van der Waals surface area contributed by atoms with E-state index in [0.29, 0.717) is 24.7 Å². The Kier molecular flexibility index (Phi) is 7.00. The molecule has 2 N–H and O–H groups in total. The maximum absolute atomic E-state index is 12.2. The van der Waals surface area contributed by atoms with E-state index in [9.17, 15) is 4.79 Å². The van der Waals surface area contributed by atoms with E-state index in [2.05, 4.69) is 20.6 Å². The summed E-state index contributed by atoms with van der Waals surface area (Å²) in [6.07, 6.45) is 3.02. The fraction of sp³-hybridized carbons (Fsp3) is 0.227. The monoisotopic (exact) mass is 392 g/mol. The molecule has 3 aromatic rings. The van der Waals surface area contributed by atoms with Crippen LogP contribution in [0.4, 0.5) is 5.82 Å². The number of nitrogens with zero attached hydrogens (tertiary/aromatic N) is 2. The van der Waals surface area contributed by atoms with Gasteiger partial charge in [-0.05, 0) is 36.8 Å². The molecular weight excluding hydrogens is 368 g/mol. The maximum atomic E-state index is 12.2. The smallest absolute Gasteiger partial charge is 0.271 e. The van der Waals surface area contributed by atoms with Crippen molar-refractivity contribution in [3.8, 4) is 11.5 Å². The van der Waals surface area contributed by atoms with Gasteiger partial charge < -0.3 is 20.1 Å². The van der Waals surface area contributed by atoms with E-state index in [1.807, 2.05) is 61.5 Å². The van der Waals surface area contributed by atoms with E-state index in [1.54, 1.807) is 13.3 Å². The Morgan fingerprint density at radius 2 is 1.72 bits per heavy atom. The largest absolute Gasteiger partial charge is 0.497 e. The van der Waals surface area contributed by atoms with Gasteiger partial charge in [-0.15, -0.1) is 0 Å². The first-order valence-corrected chi connectivity index (χ1v) is 9.34. The molecule has 0 saturated carbocycles. The summed E-state index contributed by atoms with van der Waals surface area (Å²) in [5.74, 6) is 1.79. The SMILES string of the molecule is COc1ccc(OCCNC(=O)c2cnc(NC(C)c3ccccc3)cn2)cc1. The summed E-state index contributed by atoms with van der Waals surface area (Å²) in [5.41, 5.74) is 1.40. The van der Waals surface area contributed by atoms with Gasteiger partial charge in [-0.3, -0.25) is 4.79 Å². The molecule has 1 unspecified atom stereocenters. The third-order valence-corrected chi connectivity index (χ3v) is 4.26. The van der Waals surface area contributed by atoms with Gasteiger partial charge in [0.15, 0.2) is 0 Å². The first-order chi connectivity index (χ1) is 14.2. The molecule has 7 nitrogen and oxygen atoms in total. The van der Waals surface area contributed by atoms with Crippen molar-refractivity contribution in [3.63, 3.8) is 0 Å². The highest BCUT2D eigenvalue weighted by atomic mass is 16.5. The Labute approximate surface area is 170 Å². The van der Waals surface area contributed by atoms with Gasteiger partial charge in [0.25, 0.3) is 5.91 Å². The molecule has 0 bridgehead atoms. The normalized spacial score (nSPS) is 11.4. The lowest BCUT2D eigenvalue weighted by molar-refractivity contribution is 0.0941. The van der Waals surface area contributed by atoms with Crippen LogP contribution in [0.2, 0.25) is 0 Å². The molecule has 0 spiro atoms. The lowest BCUT2D eigenvalue weighted by atomic mass is 10.1. The number of methoxy groups -OCH3 is 1. The molecule has 150 valence electrons. The van der Waals surface area contributed by atoms with Crippen LogP contribution in [0.15, 0.2) is 67.0 Å². The average Bonchev–Trinajstić information content (AvgIpc) is 2.78. The van der Waals surface area contributed by atoms with Gasteiger partial charge in [0.05, 0.1) is 26.0 Å².